The maximum atomic E-state index is 13.4. The van der Waals surface area contributed by atoms with E-state index in [1.807, 2.05) is 35.2 Å². The molecule has 1 aliphatic carbocycles. The second-order valence-corrected chi connectivity index (χ2v) is 10.6. The minimum atomic E-state index is -0.448. The van der Waals surface area contributed by atoms with Crippen molar-refractivity contribution in [1.82, 2.24) is 9.80 Å². The van der Waals surface area contributed by atoms with Crippen molar-refractivity contribution >= 4 is 39.2 Å². The van der Waals surface area contributed by atoms with E-state index in [2.05, 4.69) is 50.6 Å². The fourth-order valence-corrected chi connectivity index (χ4v) is 5.97. The molecule has 3 aliphatic rings. The molecule has 2 fully saturated rings. The number of likely N-dealkylation sites (N-methyl/N-ethyl adjacent to an activating group) is 1. The lowest BCUT2D eigenvalue weighted by atomic mass is 9.85. The van der Waals surface area contributed by atoms with Crippen LogP contribution in [-0.2, 0) is 17.8 Å². The molecule has 2 aromatic rings. The van der Waals surface area contributed by atoms with E-state index >= 15 is 0 Å². The van der Waals surface area contributed by atoms with E-state index in [1.165, 1.54) is 17.5 Å². The van der Waals surface area contributed by atoms with Crippen LogP contribution in [0.5, 0.6) is 0 Å². The number of nitrogens with one attached hydrogen (secondary N) is 2. The van der Waals surface area contributed by atoms with E-state index in [4.69, 9.17) is 0 Å². The van der Waals surface area contributed by atoms with Crippen molar-refractivity contribution in [1.29, 1.82) is 0 Å². The third-order valence-electron chi connectivity index (χ3n) is 7.40. The minimum absolute atomic E-state index is 0.0803. The third-order valence-corrected chi connectivity index (χ3v) is 7.93. The number of amides is 3. The van der Waals surface area contributed by atoms with Gasteiger partial charge < -0.3 is 20.4 Å². The van der Waals surface area contributed by atoms with Gasteiger partial charge in [0.25, 0.3) is 0 Å². The highest BCUT2D eigenvalue weighted by Crippen LogP contribution is 2.40. The van der Waals surface area contributed by atoms with Gasteiger partial charge in [0.15, 0.2) is 0 Å². The monoisotopic (exact) mass is 510 g/mol. The van der Waals surface area contributed by atoms with Crippen LogP contribution in [0.1, 0.15) is 43.2 Å². The van der Waals surface area contributed by atoms with Gasteiger partial charge in [0, 0.05) is 35.0 Å². The molecule has 3 atom stereocenters. The van der Waals surface area contributed by atoms with Gasteiger partial charge in [0.2, 0.25) is 5.91 Å². The second kappa shape index (κ2) is 9.47. The van der Waals surface area contributed by atoms with E-state index in [9.17, 15) is 9.59 Å². The molecule has 33 heavy (non-hydrogen) atoms. The molecule has 2 aliphatic heterocycles. The predicted octanol–water partition coefficient (Wildman–Crippen LogP) is 5.24. The molecule has 0 aromatic heterocycles. The lowest BCUT2D eigenvalue weighted by Crippen LogP contribution is -2.49. The summed E-state index contributed by atoms with van der Waals surface area (Å²) in [7, 11) is 2.13. The summed E-state index contributed by atoms with van der Waals surface area (Å²) >= 11 is 3.43. The number of halogens is 1. The zero-order valence-electron chi connectivity index (χ0n) is 19.0. The largest absolute Gasteiger partial charge is 0.324 e. The molecule has 0 bridgehead atoms. The van der Waals surface area contributed by atoms with Crippen LogP contribution in [0.2, 0.25) is 0 Å². The Morgan fingerprint density at radius 3 is 2.55 bits per heavy atom. The molecule has 1 saturated heterocycles. The molecule has 2 N–H and O–H groups in total. The zero-order chi connectivity index (χ0) is 22.9. The van der Waals surface area contributed by atoms with Crippen molar-refractivity contribution in [2.75, 3.05) is 24.2 Å². The van der Waals surface area contributed by atoms with Gasteiger partial charge in [0.05, 0.1) is 0 Å². The average molecular weight is 511 g/mol. The molecule has 5 rings (SSSR count). The number of hydrogen-bond acceptors (Lipinski definition) is 3. The Hall–Kier alpha value is -2.38. The molecule has 3 amide bonds. The van der Waals surface area contributed by atoms with Crippen LogP contribution in [0.4, 0.5) is 16.2 Å². The molecule has 6 nitrogen and oxygen atoms in total. The van der Waals surface area contributed by atoms with Crippen molar-refractivity contribution in [3.63, 3.8) is 0 Å². The van der Waals surface area contributed by atoms with Crippen LogP contribution in [-0.4, -0.2) is 47.4 Å². The van der Waals surface area contributed by atoms with Crippen LogP contribution in [0.15, 0.2) is 46.9 Å². The van der Waals surface area contributed by atoms with Crippen LogP contribution in [0.3, 0.4) is 0 Å². The van der Waals surface area contributed by atoms with E-state index in [1.54, 1.807) is 0 Å². The van der Waals surface area contributed by atoms with Crippen molar-refractivity contribution < 1.29 is 9.59 Å². The number of likely N-dealkylation sites (tertiary alicyclic amines) is 1. The molecular formula is C26H31BrN4O2. The highest BCUT2D eigenvalue weighted by Gasteiger charge is 2.47. The molecule has 2 aromatic carbocycles. The third kappa shape index (κ3) is 4.80. The molecular weight excluding hydrogens is 480 g/mol. The van der Waals surface area contributed by atoms with E-state index in [0.29, 0.717) is 5.92 Å². The number of anilines is 2. The highest BCUT2D eigenvalue weighted by atomic mass is 79.9. The fourth-order valence-electron chi connectivity index (χ4n) is 5.70. The molecule has 0 radical (unpaired) electrons. The SMILES string of the molecule is CN1CCc2cc(NC(=O)[C@H]3C[C@H]4CCCC[C@H]4N3C(=O)Nc3ccc(Br)cc3)ccc2C1. The Kier molecular flexibility index (Phi) is 6.43. The van der Waals surface area contributed by atoms with Gasteiger partial charge in [-0.05, 0) is 86.2 Å². The first-order valence-electron chi connectivity index (χ1n) is 11.9. The molecule has 174 valence electrons. The number of benzene rings is 2. The molecule has 1 saturated carbocycles. The molecule has 0 spiro atoms. The number of urea groups is 1. The quantitative estimate of drug-likeness (QED) is 0.593. The number of fused-ring (bicyclic) bond motifs is 2. The normalized spacial score (nSPS) is 24.7. The summed E-state index contributed by atoms with van der Waals surface area (Å²) in [6, 6.07) is 13.3. The van der Waals surface area contributed by atoms with Gasteiger partial charge in [-0.2, -0.15) is 0 Å². The van der Waals surface area contributed by atoms with Gasteiger partial charge in [-0.3, -0.25) is 4.79 Å². The Morgan fingerprint density at radius 1 is 0.970 bits per heavy atom. The van der Waals surface area contributed by atoms with Crippen LogP contribution < -0.4 is 10.6 Å². The summed E-state index contributed by atoms with van der Waals surface area (Å²) in [5.41, 5.74) is 4.19. The number of carbonyl (C=O) groups excluding carboxylic acids is 2. The molecule has 7 heteroatoms. The van der Waals surface area contributed by atoms with Crippen molar-refractivity contribution in [3.8, 4) is 0 Å². The summed E-state index contributed by atoms with van der Waals surface area (Å²) in [6.07, 6.45) is 6.07. The number of rotatable bonds is 3. The zero-order valence-corrected chi connectivity index (χ0v) is 20.6. The van der Waals surface area contributed by atoms with Gasteiger partial charge in [-0.15, -0.1) is 0 Å². The van der Waals surface area contributed by atoms with Gasteiger partial charge >= 0.3 is 6.03 Å². The maximum absolute atomic E-state index is 13.4. The fraction of sp³-hybridized carbons (Fsp3) is 0.462. The molecule has 0 unspecified atom stereocenters. The first kappa shape index (κ1) is 22.4. The Labute approximate surface area is 203 Å². The summed E-state index contributed by atoms with van der Waals surface area (Å²) < 4.78 is 0.961. The highest BCUT2D eigenvalue weighted by molar-refractivity contribution is 9.10. The Morgan fingerprint density at radius 2 is 1.73 bits per heavy atom. The standard InChI is InChI=1S/C26H31BrN4O2/c1-30-13-12-17-14-22(9-6-19(17)16-30)28-25(32)24-15-18-4-2-3-5-23(18)31(24)26(33)29-21-10-7-20(27)8-11-21/h6-11,14,18,23-24H,2-5,12-13,15-16H2,1H3,(H,28,32)(H,29,33)/t18-,23-,24-/m1/s1. The van der Waals surface area contributed by atoms with E-state index in [-0.39, 0.29) is 18.0 Å². The van der Waals surface area contributed by atoms with E-state index < -0.39 is 6.04 Å². The summed E-state index contributed by atoms with van der Waals surface area (Å²) in [5.74, 6) is 0.312. The first-order valence-corrected chi connectivity index (χ1v) is 12.7. The topological polar surface area (TPSA) is 64.7 Å². The van der Waals surface area contributed by atoms with Crippen LogP contribution in [0.25, 0.3) is 0 Å². The average Bonchev–Trinajstić information content (AvgIpc) is 3.21. The van der Waals surface area contributed by atoms with Crippen LogP contribution in [0, 0.1) is 5.92 Å². The summed E-state index contributed by atoms with van der Waals surface area (Å²) in [4.78, 5) is 30.9. The summed E-state index contributed by atoms with van der Waals surface area (Å²) in [5, 5.41) is 6.15. The second-order valence-electron chi connectivity index (χ2n) is 9.67. The molecule has 2 heterocycles. The minimum Gasteiger partial charge on any atom is -0.324 e. The smallest absolute Gasteiger partial charge is 0.322 e. The predicted molar refractivity (Wildman–Crippen MR) is 134 cm³/mol. The Bertz CT molecular complexity index is 1040. The first-order chi connectivity index (χ1) is 16.0. The van der Waals surface area contributed by atoms with Gasteiger partial charge in [-0.25, -0.2) is 4.79 Å². The maximum Gasteiger partial charge on any atom is 0.322 e. The lowest BCUT2D eigenvalue weighted by molar-refractivity contribution is -0.119. The van der Waals surface area contributed by atoms with Gasteiger partial charge in [-0.1, -0.05) is 34.8 Å². The number of carbonyl (C=O) groups is 2. The summed E-state index contributed by atoms with van der Waals surface area (Å²) in [6.45, 7) is 1.97. The number of hydrogen-bond donors (Lipinski definition) is 2. The number of nitrogens with zero attached hydrogens (tertiary/aromatic N) is 2. The van der Waals surface area contributed by atoms with E-state index in [0.717, 1.165) is 61.0 Å². The lowest BCUT2D eigenvalue weighted by Gasteiger charge is -2.33. The van der Waals surface area contributed by atoms with Crippen molar-refractivity contribution in [2.45, 2.75) is 57.2 Å². The van der Waals surface area contributed by atoms with Crippen LogP contribution >= 0.6 is 15.9 Å². The van der Waals surface area contributed by atoms with Gasteiger partial charge in [0.1, 0.15) is 6.04 Å². The van der Waals surface area contributed by atoms with Crippen molar-refractivity contribution in [2.24, 2.45) is 5.92 Å². The van der Waals surface area contributed by atoms with Crippen molar-refractivity contribution in [3.05, 3.63) is 58.1 Å². The Balaban J connectivity index is 1.34.